The molecule has 0 radical (unpaired) electrons. The van der Waals surface area contributed by atoms with E-state index in [1.165, 1.54) is 25.2 Å². The first-order valence-electron chi connectivity index (χ1n) is 6.10. The van der Waals surface area contributed by atoms with E-state index in [4.69, 9.17) is 4.74 Å². The molecule has 0 unspecified atom stereocenters. The average molecular weight is 293 g/mol. The molecule has 0 spiro atoms. The van der Waals surface area contributed by atoms with Crippen molar-refractivity contribution in [3.63, 3.8) is 0 Å². The topological polar surface area (TPSA) is 82.4 Å². The summed E-state index contributed by atoms with van der Waals surface area (Å²) in [6, 6.07) is 4.99. The van der Waals surface area contributed by atoms with Crippen LogP contribution in [-0.2, 0) is 4.74 Å². The second kappa shape index (κ2) is 7.95. The van der Waals surface area contributed by atoms with Gasteiger partial charge in [0.05, 0.1) is 19.9 Å². The molecule has 1 aromatic heterocycles. The molecule has 1 aromatic carbocycles. The number of nitrogens with zero attached hydrogens (tertiary/aromatic N) is 5. The third-order valence-corrected chi connectivity index (χ3v) is 2.20. The standard InChI is InChI=1S/C10H10N4O3.C3H9N/c1-16-9-4-3-7(14-6-11-12-13-14)5-8(9)10(15)17-2;1-4(2)3/h3-6H,1-2H3;1-3H3. The molecule has 0 saturated carbocycles. The normalized spacial score (nSPS) is 9.81. The van der Waals surface area contributed by atoms with Crippen molar-refractivity contribution in [1.29, 1.82) is 0 Å². The second-order valence-electron chi connectivity index (χ2n) is 4.47. The molecule has 1 heterocycles. The Kier molecular flexibility index (Phi) is 6.28. The quantitative estimate of drug-likeness (QED) is 0.768. The van der Waals surface area contributed by atoms with Gasteiger partial charge in [-0.1, -0.05) is 0 Å². The van der Waals surface area contributed by atoms with Crippen LogP contribution in [0.4, 0.5) is 0 Å². The van der Waals surface area contributed by atoms with Crippen molar-refractivity contribution in [1.82, 2.24) is 25.1 Å². The van der Waals surface area contributed by atoms with Crippen molar-refractivity contribution >= 4 is 5.97 Å². The lowest BCUT2D eigenvalue weighted by Gasteiger charge is -2.08. The van der Waals surface area contributed by atoms with E-state index in [2.05, 4.69) is 20.3 Å². The summed E-state index contributed by atoms with van der Waals surface area (Å²) in [6.45, 7) is 0. The molecule has 0 N–H and O–H groups in total. The van der Waals surface area contributed by atoms with E-state index in [0.717, 1.165) is 0 Å². The number of carbonyl (C=O) groups is 1. The molecule has 0 bridgehead atoms. The Morgan fingerprint density at radius 2 is 1.90 bits per heavy atom. The average Bonchev–Trinajstić information content (AvgIpc) is 2.99. The molecule has 0 aliphatic carbocycles. The van der Waals surface area contributed by atoms with Crippen molar-refractivity contribution in [3.05, 3.63) is 30.1 Å². The Morgan fingerprint density at radius 3 is 2.38 bits per heavy atom. The fraction of sp³-hybridized carbons (Fsp3) is 0.385. The van der Waals surface area contributed by atoms with Crippen LogP contribution in [0.25, 0.3) is 5.69 Å². The molecule has 0 atom stereocenters. The van der Waals surface area contributed by atoms with Gasteiger partial charge in [-0.05, 0) is 49.8 Å². The molecule has 0 amide bonds. The lowest BCUT2D eigenvalue weighted by Crippen LogP contribution is -2.06. The lowest BCUT2D eigenvalue weighted by atomic mass is 10.2. The minimum absolute atomic E-state index is 0.322. The van der Waals surface area contributed by atoms with Gasteiger partial charge in [0.25, 0.3) is 0 Å². The van der Waals surface area contributed by atoms with E-state index in [9.17, 15) is 4.79 Å². The number of carbonyl (C=O) groups excluding carboxylic acids is 1. The van der Waals surface area contributed by atoms with Crippen LogP contribution in [0, 0.1) is 0 Å². The third kappa shape index (κ3) is 4.84. The van der Waals surface area contributed by atoms with Gasteiger partial charge in [0.1, 0.15) is 17.6 Å². The summed E-state index contributed by atoms with van der Waals surface area (Å²) >= 11 is 0. The Labute approximate surface area is 123 Å². The van der Waals surface area contributed by atoms with Gasteiger partial charge >= 0.3 is 5.97 Å². The molecule has 0 aliphatic rings. The minimum Gasteiger partial charge on any atom is -0.496 e. The van der Waals surface area contributed by atoms with Crippen LogP contribution in [0.5, 0.6) is 5.75 Å². The van der Waals surface area contributed by atoms with Gasteiger partial charge in [-0.25, -0.2) is 9.48 Å². The van der Waals surface area contributed by atoms with Gasteiger partial charge in [-0.2, -0.15) is 0 Å². The summed E-state index contributed by atoms with van der Waals surface area (Å²) in [6.07, 6.45) is 1.43. The predicted octanol–water partition coefficient (Wildman–Crippen LogP) is 0.635. The number of ether oxygens (including phenoxy) is 2. The van der Waals surface area contributed by atoms with Crippen molar-refractivity contribution in [2.75, 3.05) is 35.4 Å². The first-order valence-corrected chi connectivity index (χ1v) is 6.10. The molecule has 8 heteroatoms. The van der Waals surface area contributed by atoms with E-state index in [0.29, 0.717) is 17.0 Å². The Balaban J connectivity index is 0.000000491. The molecule has 114 valence electrons. The molecule has 8 nitrogen and oxygen atoms in total. The monoisotopic (exact) mass is 293 g/mol. The highest BCUT2D eigenvalue weighted by Crippen LogP contribution is 2.22. The molecule has 0 aliphatic heterocycles. The predicted molar refractivity (Wildman–Crippen MR) is 76.7 cm³/mol. The van der Waals surface area contributed by atoms with E-state index in [1.54, 1.807) is 18.2 Å². The molecule has 21 heavy (non-hydrogen) atoms. The third-order valence-electron chi connectivity index (χ3n) is 2.20. The number of hydrogen-bond donors (Lipinski definition) is 0. The fourth-order valence-corrected chi connectivity index (χ4v) is 1.39. The number of tetrazole rings is 1. The smallest absolute Gasteiger partial charge is 0.341 e. The van der Waals surface area contributed by atoms with Crippen LogP contribution in [0.15, 0.2) is 24.5 Å². The maximum absolute atomic E-state index is 11.6. The zero-order chi connectivity index (χ0) is 15.8. The summed E-state index contributed by atoms with van der Waals surface area (Å²) in [5.74, 6) is -0.0366. The molecule has 0 fully saturated rings. The van der Waals surface area contributed by atoms with Crippen molar-refractivity contribution < 1.29 is 14.3 Å². The van der Waals surface area contributed by atoms with Gasteiger partial charge in [0, 0.05) is 0 Å². The van der Waals surface area contributed by atoms with Gasteiger partial charge in [-0.15, -0.1) is 5.10 Å². The summed E-state index contributed by atoms with van der Waals surface area (Å²) in [7, 11) is 8.80. The number of esters is 1. The van der Waals surface area contributed by atoms with Crippen LogP contribution < -0.4 is 4.74 Å². The van der Waals surface area contributed by atoms with E-state index >= 15 is 0 Å². The van der Waals surface area contributed by atoms with Crippen molar-refractivity contribution in [2.24, 2.45) is 0 Å². The maximum Gasteiger partial charge on any atom is 0.341 e. The van der Waals surface area contributed by atoms with Crippen LogP contribution >= 0.6 is 0 Å². The second-order valence-corrected chi connectivity index (χ2v) is 4.47. The van der Waals surface area contributed by atoms with Crippen molar-refractivity contribution in [3.8, 4) is 11.4 Å². The summed E-state index contributed by atoms with van der Waals surface area (Å²) < 4.78 is 11.2. The van der Waals surface area contributed by atoms with Gasteiger partial charge in [-0.3, -0.25) is 0 Å². The van der Waals surface area contributed by atoms with Gasteiger partial charge in [0.2, 0.25) is 0 Å². The van der Waals surface area contributed by atoms with E-state index < -0.39 is 5.97 Å². The van der Waals surface area contributed by atoms with Crippen molar-refractivity contribution in [2.45, 2.75) is 0 Å². The zero-order valence-electron chi connectivity index (χ0n) is 12.8. The number of rotatable bonds is 3. The fourth-order valence-electron chi connectivity index (χ4n) is 1.39. The largest absolute Gasteiger partial charge is 0.496 e. The highest BCUT2D eigenvalue weighted by molar-refractivity contribution is 5.93. The Hall–Kier alpha value is -2.48. The van der Waals surface area contributed by atoms with Crippen LogP contribution in [0.2, 0.25) is 0 Å². The van der Waals surface area contributed by atoms with Gasteiger partial charge < -0.3 is 14.4 Å². The summed E-state index contributed by atoms with van der Waals surface area (Å²) in [4.78, 5) is 13.6. The summed E-state index contributed by atoms with van der Waals surface area (Å²) in [5, 5.41) is 10.8. The number of aromatic nitrogens is 4. The molecular weight excluding hydrogens is 274 g/mol. The number of methoxy groups -OCH3 is 2. The lowest BCUT2D eigenvalue weighted by molar-refractivity contribution is 0.0597. The zero-order valence-corrected chi connectivity index (χ0v) is 12.8. The van der Waals surface area contributed by atoms with Crippen LogP contribution in [0.3, 0.4) is 0 Å². The summed E-state index contributed by atoms with van der Waals surface area (Å²) in [5.41, 5.74) is 0.971. The van der Waals surface area contributed by atoms with E-state index in [-0.39, 0.29) is 0 Å². The molecule has 0 saturated heterocycles. The Morgan fingerprint density at radius 1 is 1.24 bits per heavy atom. The number of hydrogen-bond acceptors (Lipinski definition) is 7. The first kappa shape index (κ1) is 16.6. The highest BCUT2D eigenvalue weighted by atomic mass is 16.5. The molecule has 2 aromatic rings. The first-order chi connectivity index (χ1) is 9.99. The Bertz CT molecular complexity index is 566. The SMILES string of the molecule is CN(C)C.COC(=O)c1cc(-n2cnnn2)ccc1OC. The molecule has 2 rings (SSSR count). The highest BCUT2D eigenvalue weighted by Gasteiger charge is 2.14. The van der Waals surface area contributed by atoms with Crippen LogP contribution in [0.1, 0.15) is 10.4 Å². The maximum atomic E-state index is 11.6. The molecular formula is C13H19N5O3. The van der Waals surface area contributed by atoms with Gasteiger partial charge in [0.15, 0.2) is 0 Å². The minimum atomic E-state index is -0.475. The number of benzene rings is 1. The van der Waals surface area contributed by atoms with E-state index in [1.807, 2.05) is 26.0 Å². The van der Waals surface area contributed by atoms with Crippen LogP contribution in [-0.4, -0.2) is 66.4 Å².